The maximum atomic E-state index is 12.2. The number of hydrogen-bond donors (Lipinski definition) is 2. The third-order valence-corrected chi connectivity index (χ3v) is 3.62. The summed E-state index contributed by atoms with van der Waals surface area (Å²) in [7, 11) is 3.83. The Kier molecular flexibility index (Phi) is 5.13. The van der Waals surface area contributed by atoms with Crippen molar-refractivity contribution in [3.05, 3.63) is 29.8 Å². The van der Waals surface area contributed by atoms with Crippen LogP contribution in [0.2, 0.25) is 0 Å². The number of nitrogens with zero attached hydrogens (tertiary/aromatic N) is 1. The molecule has 1 amide bonds. The predicted molar refractivity (Wildman–Crippen MR) is 79.2 cm³/mol. The van der Waals surface area contributed by atoms with Crippen LogP contribution in [0, 0.1) is 0 Å². The van der Waals surface area contributed by atoms with E-state index in [0.717, 1.165) is 5.69 Å². The zero-order valence-electron chi connectivity index (χ0n) is 12.4. The standard InChI is InChI=1S/C15H22N2O3/c1-5-15(6-2,14(19)20)16-13(18)11-7-9-12(10-8-11)17(3)4/h7-10H,5-6H2,1-4H3,(H,16,18)(H,19,20). The molecular formula is C15H22N2O3. The fourth-order valence-electron chi connectivity index (χ4n) is 1.98. The number of nitrogens with one attached hydrogen (secondary N) is 1. The van der Waals surface area contributed by atoms with Crippen LogP contribution in [-0.2, 0) is 4.79 Å². The van der Waals surface area contributed by atoms with Crippen molar-refractivity contribution in [3.8, 4) is 0 Å². The number of carbonyl (C=O) groups excluding carboxylic acids is 1. The van der Waals surface area contributed by atoms with E-state index in [9.17, 15) is 14.7 Å². The Bertz CT molecular complexity index is 476. The maximum Gasteiger partial charge on any atom is 0.329 e. The molecule has 0 aliphatic carbocycles. The van der Waals surface area contributed by atoms with E-state index in [0.29, 0.717) is 18.4 Å². The molecule has 1 aromatic rings. The van der Waals surface area contributed by atoms with E-state index in [1.165, 1.54) is 0 Å². The van der Waals surface area contributed by atoms with Crippen LogP contribution in [0.15, 0.2) is 24.3 Å². The van der Waals surface area contributed by atoms with Crippen LogP contribution < -0.4 is 10.2 Å². The van der Waals surface area contributed by atoms with Gasteiger partial charge in [0.1, 0.15) is 5.54 Å². The summed E-state index contributed by atoms with van der Waals surface area (Å²) in [5.41, 5.74) is 0.247. The van der Waals surface area contributed by atoms with Gasteiger partial charge in [0.2, 0.25) is 0 Å². The molecule has 0 spiro atoms. The van der Waals surface area contributed by atoms with Gasteiger partial charge in [0, 0.05) is 25.3 Å². The van der Waals surface area contributed by atoms with Crippen molar-refractivity contribution in [1.82, 2.24) is 5.32 Å². The first kappa shape index (κ1) is 16.0. The molecule has 20 heavy (non-hydrogen) atoms. The molecule has 0 unspecified atom stereocenters. The summed E-state index contributed by atoms with van der Waals surface area (Å²) in [6, 6.07) is 7.05. The van der Waals surface area contributed by atoms with Crippen LogP contribution in [0.5, 0.6) is 0 Å². The van der Waals surface area contributed by atoms with Gasteiger partial charge in [0.25, 0.3) is 5.91 Å². The Morgan fingerprint density at radius 3 is 2.00 bits per heavy atom. The minimum atomic E-state index is -1.20. The average molecular weight is 278 g/mol. The molecule has 0 bridgehead atoms. The van der Waals surface area contributed by atoms with E-state index < -0.39 is 11.5 Å². The van der Waals surface area contributed by atoms with Crippen LogP contribution in [0.1, 0.15) is 37.0 Å². The molecule has 5 heteroatoms. The zero-order valence-corrected chi connectivity index (χ0v) is 12.4. The first-order chi connectivity index (χ1) is 9.36. The molecule has 0 saturated heterocycles. The van der Waals surface area contributed by atoms with Gasteiger partial charge in [-0.3, -0.25) is 4.79 Å². The van der Waals surface area contributed by atoms with Crippen molar-refractivity contribution < 1.29 is 14.7 Å². The zero-order chi connectivity index (χ0) is 15.3. The van der Waals surface area contributed by atoms with E-state index in [2.05, 4.69) is 5.32 Å². The van der Waals surface area contributed by atoms with E-state index >= 15 is 0 Å². The Morgan fingerprint density at radius 1 is 1.15 bits per heavy atom. The second kappa shape index (κ2) is 6.41. The van der Waals surface area contributed by atoms with Crippen molar-refractivity contribution >= 4 is 17.6 Å². The second-order valence-electron chi connectivity index (χ2n) is 4.99. The van der Waals surface area contributed by atoms with Gasteiger partial charge >= 0.3 is 5.97 Å². The highest BCUT2D eigenvalue weighted by atomic mass is 16.4. The fraction of sp³-hybridized carbons (Fsp3) is 0.467. The average Bonchev–Trinajstić information content (AvgIpc) is 2.44. The van der Waals surface area contributed by atoms with Crippen LogP contribution in [-0.4, -0.2) is 36.6 Å². The monoisotopic (exact) mass is 278 g/mol. The molecule has 0 atom stereocenters. The van der Waals surface area contributed by atoms with E-state index in [-0.39, 0.29) is 5.91 Å². The molecule has 1 aromatic carbocycles. The smallest absolute Gasteiger partial charge is 0.329 e. The van der Waals surface area contributed by atoms with Crippen molar-refractivity contribution in [2.75, 3.05) is 19.0 Å². The molecule has 0 radical (unpaired) electrons. The lowest BCUT2D eigenvalue weighted by Gasteiger charge is -2.28. The molecule has 0 fully saturated rings. The number of carboxylic acid groups (broad SMARTS) is 1. The molecule has 2 N–H and O–H groups in total. The molecule has 5 nitrogen and oxygen atoms in total. The first-order valence-electron chi connectivity index (χ1n) is 6.69. The number of hydrogen-bond acceptors (Lipinski definition) is 3. The Morgan fingerprint density at radius 2 is 1.65 bits per heavy atom. The van der Waals surface area contributed by atoms with Crippen molar-refractivity contribution in [2.24, 2.45) is 0 Å². The summed E-state index contributed by atoms with van der Waals surface area (Å²) in [6.45, 7) is 3.51. The molecule has 110 valence electrons. The summed E-state index contributed by atoms with van der Waals surface area (Å²) < 4.78 is 0. The summed E-state index contributed by atoms with van der Waals surface area (Å²) >= 11 is 0. The van der Waals surface area contributed by atoms with Crippen LogP contribution in [0.3, 0.4) is 0 Å². The number of rotatable bonds is 6. The Labute approximate surface area is 119 Å². The minimum absolute atomic E-state index is 0.348. The van der Waals surface area contributed by atoms with Crippen LogP contribution >= 0.6 is 0 Å². The molecule has 0 aliphatic heterocycles. The largest absolute Gasteiger partial charge is 0.480 e. The highest BCUT2D eigenvalue weighted by Crippen LogP contribution is 2.18. The van der Waals surface area contributed by atoms with Crippen molar-refractivity contribution in [3.63, 3.8) is 0 Å². The lowest BCUT2D eigenvalue weighted by molar-refractivity contribution is -0.144. The maximum absolute atomic E-state index is 12.2. The van der Waals surface area contributed by atoms with E-state index in [1.807, 2.05) is 31.1 Å². The third kappa shape index (κ3) is 3.29. The highest BCUT2D eigenvalue weighted by Gasteiger charge is 2.36. The van der Waals surface area contributed by atoms with Crippen molar-refractivity contribution in [1.29, 1.82) is 0 Å². The molecular weight excluding hydrogens is 256 g/mol. The number of carbonyl (C=O) groups is 2. The number of carboxylic acids is 1. The van der Waals surface area contributed by atoms with Crippen LogP contribution in [0.4, 0.5) is 5.69 Å². The van der Waals surface area contributed by atoms with Gasteiger partial charge in [-0.15, -0.1) is 0 Å². The summed E-state index contributed by atoms with van der Waals surface area (Å²) in [5.74, 6) is -1.36. The van der Waals surface area contributed by atoms with E-state index in [4.69, 9.17) is 0 Å². The summed E-state index contributed by atoms with van der Waals surface area (Å²) in [4.78, 5) is 25.5. The van der Waals surface area contributed by atoms with Crippen molar-refractivity contribution in [2.45, 2.75) is 32.2 Å². The lowest BCUT2D eigenvalue weighted by atomic mass is 9.92. The topological polar surface area (TPSA) is 69.6 Å². The number of aliphatic carboxylic acids is 1. The van der Waals surface area contributed by atoms with Gasteiger partial charge in [0.15, 0.2) is 0 Å². The second-order valence-corrected chi connectivity index (χ2v) is 4.99. The molecule has 0 aliphatic rings. The molecule has 1 rings (SSSR count). The van der Waals surface area contributed by atoms with Gasteiger partial charge in [-0.05, 0) is 37.1 Å². The number of benzene rings is 1. The van der Waals surface area contributed by atoms with Crippen LogP contribution in [0.25, 0.3) is 0 Å². The Balaban J connectivity index is 2.92. The summed E-state index contributed by atoms with van der Waals surface area (Å²) in [5, 5.41) is 12.0. The number of amides is 1. The summed E-state index contributed by atoms with van der Waals surface area (Å²) in [6.07, 6.45) is 0.695. The van der Waals surface area contributed by atoms with Gasteiger partial charge < -0.3 is 15.3 Å². The normalized spacial score (nSPS) is 11.0. The Hall–Kier alpha value is -2.04. The highest BCUT2D eigenvalue weighted by molar-refractivity contribution is 5.98. The first-order valence-corrected chi connectivity index (χ1v) is 6.69. The molecule has 0 aromatic heterocycles. The van der Waals surface area contributed by atoms with Gasteiger partial charge in [-0.25, -0.2) is 4.79 Å². The van der Waals surface area contributed by atoms with Gasteiger partial charge in [0.05, 0.1) is 0 Å². The van der Waals surface area contributed by atoms with Gasteiger partial charge in [-0.2, -0.15) is 0 Å². The molecule has 0 heterocycles. The quantitative estimate of drug-likeness (QED) is 0.836. The number of anilines is 1. The third-order valence-electron chi connectivity index (χ3n) is 3.62. The fourth-order valence-corrected chi connectivity index (χ4v) is 1.98. The van der Waals surface area contributed by atoms with Gasteiger partial charge in [-0.1, -0.05) is 13.8 Å². The van der Waals surface area contributed by atoms with E-state index in [1.54, 1.807) is 26.0 Å². The predicted octanol–water partition coefficient (Wildman–Crippen LogP) is 2.13. The SMILES string of the molecule is CCC(CC)(NC(=O)c1ccc(N(C)C)cc1)C(=O)O. The lowest BCUT2D eigenvalue weighted by Crippen LogP contribution is -2.53. The molecule has 0 saturated carbocycles. The minimum Gasteiger partial charge on any atom is -0.480 e.